The van der Waals surface area contributed by atoms with E-state index in [-0.39, 0.29) is 24.9 Å². The van der Waals surface area contributed by atoms with Crippen molar-refractivity contribution in [2.75, 3.05) is 25.2 Å². The number of thioether (sulfide) groups is 1. The van der Waals surface area contributed by atoms with Gasteiger partial charge < -0.3 is 16.2 Å². The monoisotopic (exact) mass is 228 g/mol. The third kappa shape index (κ3) is 8.36. The Morgan fingerprint density at radius 1 is 1.69 bits per heavy atom. The molecule has 1 atom stereocenters. The van der Waals surface area contributed by atoms with Crippen LogP contribution in [0.5, 0.6) is 0 Å². The van der Waals surface area contributed by atoms with E-state index < -0.39 is 6.04 Å². The van der Waals surface area contributed by atoms with Crippen molar-refractivity contribution in [2.24, 2.45) is 5.73 Å². The van der Waals surface area contributed by atoms with Crippen LogP contribution in [0, 0.1) is 0 Å². The second-order valence-electron chi connectivity index (χ2n) is 2.43. The zero-order valence-electron chi connectivity index (χ0n) is 7.66. The first-order chi connectivity index (χ1) is 5.72. The third-order valence-corrected chi connectivity index (χ3v) is 2.01. The minimum atomic E-state index is -0.432. The van der Waals surface area contributed by atoms with Gasteiger partial charge in [0.15, 0.2) is 0 Å². The zero-order valence-corrected chi connectivity index (χ0v) is 9.29. The zero-order chi connectivity index (χ0) is 9.40. The molecule has 4 N–H and O–H groups in total. The summed E-state index contributed by atoms with van der Waals surface area (Å²) in [5.74, 6) is 0.489. The molecule has 0 aromatic rings. The van der Waals surface area contributed by atoms with Gasteiger partial charge in [0.2, 0.25) is 5.91 Å². The van der Waals surface area contributed by atoms with Crippen LogP contribution in [0.25, 0.3) is 0 Å². The predicted molar refractivity (Wildman–Crippen MR) is 58.3 cm³/mol. The van der Waals surface area contributed by atoms with Crippen molar-refractivity contribution in [3.8, 4) is 0 Å². The summed E-state index contributed by atoms with van der Waals surface area (Å²) < 4.78 is 0. The molecule has 0 heterocycles. The number of carbonyl (C=O) groups excluding carboxylic acids is 1. The summed E-state index contributed by atoms with van der Waals surface area (Å²) in [4.78, 5) is 11.1. The molecule has 0 spiro atoms. The summed E-state index contributed by atoms with van der Waals surface area (Å²) in [5.41, 5.74) is 5.51. The van der Waals surface area contributed by atoms with Crippen molar-refractivity contribution in [2.45, 2.75) is 12.5 Å². The lowest BCUT2D eigenvalue weighted by Gasteiger charge is -2.09. The van der Waals surface area contributed by atoms with Crippen LogP contribution in [0.3, 0.4) is 0 Å². The molecule has 0 saturated carbocycles. The quantitative estimate of drug-likeness (QED) is 0.541. The molecular formula is C7H17ClN2O2S. The summed E-state index contributed by atoms with van der Waals surface area (Å²) in [7, 11) is 0. The van der Waals surface area contributed by atoms with Crippen LogP contribution in [-0.2, 0) is 4.79 Å². The number of nitrogens with one attached hydrogen (secondary N) is 1. The van der Waals surface area contributed by atoms with Crippen LogP contribution in [-0.4, -0.2) is 42.2 Å². The van der Waals surface area contributed by atoms with Crippen molar-refractivity contribution in [1.29, 1.82) is 0 Å². The van der Waals surface area contributed by atoms with Gasteiger partial charge in [0, 0.05) is 18.9 Å². The molecule has 0 radical (unpaired) electrons. The number of nitrogens with two attached hydrogens (primary N) is 1. The fraction of sp³-hybridized carbons (Fsp3) is 0.857. The van der Waals surface area contributed by atoms with E-state index in [1.54, 1.807) is 11.8 Å². The molecule has 0 fully saturated rings. The molecule has 0 aliphatic heterocycles. The van der Waals surface area contributed by atoms with Gasteiger partial charge in [-0.2, -0.15) is 11.8 Å². The van der Waals surface area contributed by atoms with Crippen molar-refractivity contribution in [3.05, 3.63) is 0 Å². The topological polar surface area (TPSA) is 75.4 Å². The highest BCUT2D eigenvalue weighted by Gasteiger charge is 2.10. The second-order valence-corrected chi connectivity index (χ2v) is 3.34. The molecule has 1 amide bonds. The van der Waals surface area contributed by atoms with E-state index >= 15 is 0 Å². The van der Waals surface area contributed by atoms with Crippen LogP contribution in [0.15, 0.2) is 0 Å². The Morgan fingerprint density at radius 3 is 2.77 bits per heavy atom. The highest BCUT2D eigenvalue weighted by atomic mass is 35.5. The van der Waals surface area contributed by atoms with Crippen molar-refractivity contribution in [3.63, 3.8) is 0 Å². The molecular weight excluding hydrogens is 212 g/mol. The van der Waals surface area contributed by atoms with Crippen LogP contribution in [0.2, 0.25) is 0 Å². The summed E-state index contributed by atoms with van der Waals surface area (Å²) in [5, 5.41) is 11.1. The molecule has 0 aromatic carbocycles. The van der Waals surface area contributed by atoms with E-state index in [1.807, 2.05) is 6.26 Å². The van der Waals surface area contributed by atoms with Crippen molar-refractivity contribution < 1.29 is 9.90 Å². The minimum Gasteiger partial charge on any atom is -0.396 e. The van der Waals surface area contributed by atoms with E-state index in [0.717, 1.165) is 0 Å². The van der Waals surface area contributed by atoms with E-state index in [4.69, 9.17) is 10.8 Å². The minimum absolute atomic E-state index is 0. The first-order valence-electron chi connectivity index (χ1n) is 3.85. The number of rotatable bonds is 6. The maximum absolute atomic E-state index is 11.1. The first kappa shape index (κ1) is 15.5. The predicted octanol–water partition coefficient (Wildman–Crippen LogP) is -0.403. The number of hydrogen-bond acceptors (Lipinski definition) is 4. The van der Waals surface area contributed by atoms with Gasteiger partial charge in [0.1, 0.15) is 0 Å². The van der Waals surface area contributed by atoms with Crippen LogP contribution >= 0.6 is 24.2 Å². The smallest absolute Gasteiger partial charge is 0.237 e. The van der Waals surface area contributed by atoms with Gasteiger partial charge in [-0.05, 0) is 12.7 Å². The Balaban J connectivity index is 0. The maximum Gasteiger partial charge on any atom is 0.237 e. The molecule has 80 valence electrons. The Bertz CT molecular complexity index is 138. The molecule has 0 aliphatic rings. The van der Waals surface area contributed by atoms with E-state index in [9.17, 15) is 4.79 Å². The number of aliphatic hydroxyl groups excluding tert-OH is 1. The lowest BCUT2D eigenvalue weighted by molar-refractivity contribution is -0.121. The van der Waals surface area contributed by atoms with Crippen LogP contribution in [0.4, 0.5) is 0 Å². The lowest BCUT2D eigenvalue weighted by Crippen LogP contribution is -2.42. The van der Waals surface area contributed by atoms with E-state index in [0.29, 0.717) is 18.7 Å². The van der Waals surface area contributed by atoms with Crippen LogP contribution < -0.4 is 11.1 Å². The maximum atomic E-state index is 11.1. The Hall–Kier alpha value is 0.0300. The lowest BCUT2D eigenvalue weighted by atomic mass is 10.3. The van der Waals surface area contributed by atoms with Gasteiger partial charge in [0.05, 0.1) is 6.04 Å². The molecule has 0 aromatic heterocycles. The summed E-state index contributed by atoms with van der Waals surface area (Å²) >= 11 is 1.54. The molecule has 4 nitrogen and oxygen atoms in total. The number of halogens is 1. The normalized spacial score (nSPS) is 11.6. The number of amides is 1. The largest absolute Gasteiger partial charge is 0.396 e. The molecule has 6 heteroatoms. The van der Waals surface area contributed by atoms with Crippen molar-refractivity contribution >= 4 is 30.1 Å². The summed E-state index contributed by atoms with van der Waals surface area (Å²) in [6.45, 7) is 0.593. The van der Waals surface area contributed by atoms with Gasteiger partial charge in [-0.1, -0.05) is 0 Å². The summed E-state index contributed by atoms with van der Waals surface area (Å²) in [6.07, 6.45) is 2.48. The molecule has 0 saturated heterocycles. The van der Waals surface area contributed by atoms with Gasteiger partial charge in [-0.3, -0.25) is 4.79 Å². The van der Waals surface area contributed by atoms with Gasteiger partial charge >= 0.3 is 0 Å². The summed E-state index contributed by atoms with van der Waals surface area (Å²) in [6, 6.07) is -0.432. The average molecular weight is 229 g/mol. The third-order valence-electron chi connectivity index (χ3n) is 1.32. The fourth-order valence-corrected chi connectivity index (χ4v) is 1.19. The Kier molecular flexibility index (Phi) is 12.1. The molecule has 1 unspecified atom stereocenters. The number of carbonyl (C=O) groups is 1. The molecule has 0 aliphatic carbocycles. The number of aliphatic hydroxyl groups is 1. The highest BCUT2D eigenvalue weighted by Crippen LogP contribution is 1.94. The van der Waals surface area contributed by atoms with Crippen molar-refractivity contribution in [1.82, 2.24) is 5.32 Å². The van der Waals surface area contributed by atoms with Gasteiger partial charge in [0.25, 0.3) is 0 Å². The fourth-order valence-electron chi connectivity index (χ4n) is 0.677. The van der Waals surface area contributed by atoms with Gasteiger partial charge in [-0.25, -0.2) is 0 Å². The molecule has 0 bridgehead atoms. The first-order valence-corrected chi connectivity index (χ1v) is 5.24. The Morgan fingerprint density at radius 2 is 2.31 bits per heavy atom. The van der Waals surface area contributed by atoms with E-state index in [1.165, 1.54) is 0 Å². The van der Waals surface area contributed by atoms with E-state index in [2.05, 4.69) is 5.32 Å². The second kappa shape index (κ2) is 10.1. The average Bonchev–Trinajstić information content (AvgIpc) is 2.05. The molecule has 0 rings (SSSR count). The van der Waals surface area contributed by atoms with Gasteiger partial charge in [-0.15, -0.1) is 12.4 Å². The SMILES string of the molecule is CSCC(N)C(=O)NCCCO.Cl. The standard InChI is InChI=1S/C7H16N2O2S.ClH/c1-12-5-6(8)7(11)9-3-2-4-10;/h6,10H,2-5,8H2,1H3,(H,9,11);1H. The highest BCUT2D eigenvalue weighted by molar-refractivity contribution is 7.98. The van der Waals surface area contributed by atoms with Crippen LogP contribution in [0.1, 0.15) is 6.42 Å². The Labute approximate surface area is 89.1 Å². The number of hydrogen-bond donors (Lipinski definition) is 3. The molecule has 13 heavy (non-hydrogen) atoms.